The molecule has 1 heterocycles. The topological polar surface area (TPSA) is 66.4 Å². The highest BCUT2D eigenvalue weighted by atomic mass is 16.4. The number of carboxylic acids is 1. The monoisotopic (exact) mass is 219 g/mol. The van der Waals surface area contributed by atoms with Crippen LogP contribution < -0.4 is 5.32 Å². The van der Waals surface area contributed by atoms with Gasteiger partial charge < -0.3 is 10.4 Å². The van der Waals surface area contributed by atoms with E-state index in [1.165, 1.54) is 0 Å². The molecule has 4 nitrogen and oxygen atoms in total. The van der Waals surface area contributed by atoms with Crippen LogP contribution >= 0.6 is 0 Å². The molecule has 1 aliphatic heterocycles. The number of rotatable bonds is 2. The summed E-state index contributed by atoms with van der Waals surface area (Å²) in [5.74, 6) is -1.72. The highest BCUT2D eigenvalue weighted by Gasteiger charge is 2.33. The van der Waals surface area contributed by atoms with Crippen LogP contribution in [0.5, 0.6) is 0 Å². The normalized spacial score (nSPS) is 18.1. The number of hydrogen-bond acceptors (Lipinski definition) is 2. The number of fused-ring (bicyclic) bond motifs is 1. The second-order valence-corrected chi connectivity index (χ2v) is 4.19. The number of carbonyl (C=O) groups is 2. The fourth-order valence-corrected chi connectivity index (χ4v) is 2.17. The molecule has 1 atom stereocenters. The summed E-state index contributed by atoms with van der Waals surface area (Å²) in [6.45, 7) is 3.85. The Bertz CT molecular complexity index is 479. The van der Waals surface area contributed by atoms with Crippen molar-refractivity contribution in [2.24, 2.45) is 0 Å². The first-order chi connectivity index (χ1) is 7.49. The third kappa shape index (κ3) is 1.66. The predicted octanol–water partition coefficient (Wildman–Crippen LogP) is 1.81. The van der Waals surface area contributed by atoms with Gasteiger partial charge in [0.2, 0.25) is 5.91 Å². The Morgan fingerprint density at radius 2 is 2.12 bits per heavy atom. The molecule has 0 aliphatic carbocycles. The number of anilines is 1. The molecule has 0 fully saturated rings. The zero-order valence-corrected chi connectivity index (χ0v) is 9.20. The van der Waals surface area contributed by atoms with E-state index in [1.54, 1.807) is 0 Å². The third-order valence-electron chi connectivity index (χ3n) is 2.83. The molecule has 1 unspecified atom stereocenters. The average Bonchev–Trinajstić information content (AvgIpc) is 2.45. The number of hydrogen-bond donors (Lipinski definition) is 2. The van der Waals surface area contributed by atoms with Crippen molar-refractivity contribution < 1.29 is 14.7 Å². The van der Waals surface area contributed by atoms with Crippen LogP contribution in [0.1, 0.15) is 29.0 Å². The minimum Gasteiger partial charge on any atom is -0.481 e. The zero-order chi connectivity index (χ0) is 11.9. The fraction of sp³-hybridized carbons (Fsp3) is 0.333. The molecule has 1 aliphatic rings. The average molecular weight is 219 g/mol. The number of aryl methyl sites for hydroxylation is 2. The van der Waals surface area contributed by atoms with Crippen LogP contribution in [-0.4, -0.2) is 17.0 Å². The van der Waals surface area contributed by atoms with Crippen molar-refractivity contribution in [2.45, 2.75) is 26.2 Å². The summed E-state index contributed by atoms with van der Waals surface area (Å²) in [6.07, 6.45) is -0.151. The van der Waals surface area contributed by atoms with E-state index in [9.17, 15) is 9.59 Å². The molecule has 16 heavy (non-hydrogen) atoms. The van der Waals surface area contributed by atoms with Gasteiger partial charge in [-0.15, -0.1) is 0 Å². The van der Waals surface area contributed by atoms with Crippen molar-refractivity contribution in [1.29, 1.82) is 0 Å². The Labute approximate surface area is 93.3 Å². The standard InChI is InChI=1S/C12H13NO3/c1-6-3-7(2)11-8(4-6)9(5-10(14)15)12(16)13-11/h3-4,9H,5H2,1-2H3,(H,13,16)(H,14,15). The number of nitrogens with one attached hydrogen (secondary N) is 1. The van der Waals surface area contributed by atoms with Crippen molar-refractivity contribution in [1.82, 2.24) is 0 Å². The van der Waals surface area contributed by atoms with E-state index in [2.05, 4.69) is 5.32 Å². The Balaban J connectivity index is 2.47. The highest BCUT2D eigenvalue weighted by Crippen LogP contribution is 2.37. The molecule has 4 heteroatoms. The molecule has 0 saturated carbocycles. The van der Waals surface area contributed by atoms with E-state index < -0.39 is 11.9 Å². The first-order valence-electron chi connectivity index (χ1n) is 5.13. The van der Waals surface area contributed by atoms with Gasteiger partial charge in [0, 0.05) is 5.69 Å². The quantitative estimate of drug-likeness (QED) is 0.797. The second kappa shape index (κ2) is 3.63. The van der Waals surface area contributed by atoms with Crippen molar-refractivity contribution in [3.63, 3.8) is 0 Å². The van der Waals surface area contributed by atoms with Crippen LogP contribution in [0.4, 0.5) is 5.69 Å². The van der Waals surface area contributed by atoms with Crippen LogP contribution in [0.3, 0.4) is 0 Å². The van der Waals surface area contributed by atoms with Crippen LogP contribution in [0.15, 0.2) is 12.1 Å². The fourth-order valence-electron chi connectivity index (χ4n) is 2.17. The van der Waals surface area contributed by atoms with Gasteiger partial charge in [-0.1, -0.05) is 17.7 Å². The molecule has 2 rings (SSSR count). The molecular weight excluding hydrogens is 206 g/mol. The minimum absolute atomic E-state index is 0.151. The minimum atomic E-state index is -0.952. The molecule has 2 N–H and O–H groups in total. The number of aliphatic carboxylic acids is 1. The third-order valence-corrected chi connectivity index (χ3v) is 2.83. The Morgan fingerprint density at radius 3 is 2.75 bits per heavy atom. The summed E-state index contributed by atoms with van der Waals surface area (Å²) in [4.78, 5) is 22.4. The Hall–Kier alpha value is -1.84. The molecule has 0 aromatic heterocycles. The van der Waals surface area contributed by atoms with E-state index in [-0.39, 0.29) is 12.3 Å². The van der Waals surface area contributed by atoms with Gasteiger partial charge in [-0.05, 0) is 25.0 Å². The molecule has 0 spiro atoms. The largest absolute Gasteiger partial charge is 0.481 e. The van der Waals surface area contributed by atoms with Crippen LogP contribution in [-0.2, 0) is 9.59 Å². The lowest BCUT2D eigenvalue weighted by atomic mass is 9.94. The number of benzene rings is 1. The van der Waals surface area contributed by atoms with Gasteiger partial charge in [0.15, 0.2) is 0 Å². The first-order valence-corrected chi connectivity index (χ1v) is 5.13. The number of carboxylic acid groups (broad SMARTS) is 1. The van der Waals surface area contributed by atoms with Gasteiger partial charge in [0.1, 0.15) is 0 Å². The summed E-state index contributed by atoms with van der Waals surface area (Å²) in [6, 6.07) is 3.86. The van der Waals surface area contributed by atoms with Gasteiger partial charge in [0.25, 0.3) is 0 Å². The molecule has 84 valence electrons. The Kier molecular flexibility index (Phi) is 2.42. The summed E-state index contributed by atoms with van der Waals surface area (Å²) in [5.41, 5.74) is 3.62. The van der Waals surface area contributed by atoms with Crippen molar-refractivity contribution >= 4 is 17.6 Å². The molecule has 1 amide bonds. The van der Waals surface area contributed by atoms with Crippen molar-refractivity contribution in [2.75, 3.05) is 5.32 Å². The maximum absolute atomic E-state index is 11.7. The van der Waals surface area contributed by atoms with Gasteiger partial charge in [-0.25, -0.2) is 0 Å². The number of carbonyl (C=O) groups excluding carboxylic acids is 1. The molecule has 0 bridgehead atoms. The lowest BCUT2D eigenvalue weighted by Crippen LogP contribution is -2.15. The summed E-state index contributed by atoms with van der Waals surface area (Å²) in [7, 11) is 0. The maximum Gasteiger partial charge on any atom is 0.304 e. The first kappa shape index (κ1) is 10.7. The SMILES string of the molecule is Cc1cc(C)c2c(c1)C(CC(=O)O)C(=O)N2. The van der Waals surface area contributed by atoms with Gasteiger partial charge in [-0.3, -0.25) is 9.59 Å². The van der Waals surface area contributed by atoms with Gasteiger partial charge in [0.05, 0.1) is 12.3 Å². The van der Waals surface area contributed by atoms with Gasteiger partial charge >= 0.3 is 5.97 Å². The van der Waals surface area contributed by atoms with E-state index in [0.29, 0.717) is 0 Å². The van der Waals surface area contributed by atoms with E-state index in [1.807, 2.05) is 26.0 Å². The molecule has 1 aromatic rings. The smallest absolute Gasteiger partial charge is 0.304 e. The lowest BCUT2D eigenvalue weighted by molar-refractivity contribution is -0.138. The predicted molar refractivity (Wildman–Crippen MR) is 59.5 cm³/mol. The van der Waals surface area contributed by atoms with Gasteiger partial charge in [-0.2, -0.15) is 0 Å². The zero-order valence-electron chi connectivity index (χ0n) is 9.20. The van der Waals surface area contributed by atoms with Crippen molar-refractivity contribution in [3.8, 4) is 0 Å². The van der Waals surface area contributed by atoms with Crippen LogP contribution in [0.25, 0.3) is 0 Å². The summed E-state index contributed by atoms with van der Waals surface area (Å²) < 4.78 is 0. The molecule has 0 saturated heterocycles. The summed E-state index contributed by atoms with van der Waals surface area (Å²) >= 11 is 0. The molecular formula is C12H13NO3. The lowest BCUT2D eigenvalue weighted by Gasteiger charge is -2.07. The maximum atomic E-state index is 11.7. The van der Waals surface area contributed by atoms with E-state index in [4.69, 9.17) is 5.11 Å². The van der Waals surface area contributed by atoms with E-state index >= 15 is 0 Å². The number of amides is 1. The molecule has 0 radical (unpaired) electrons. The summed E-state index contributed by atoms with van der Waals surface area (Å²) in [5, 5.41) is 11.5. The highest BCUT2D eigenvalue weighted by molar-refractivity contribution is 6.05. The second-order valence-electron chi connectivity index (χ2n) is 4.19. The van der Waals surface area contributed by atoms with Crippen molar-refractivity contribution in [3.05, 3.63) is 28.8 Å². The molecule has 1 aromatic carbocycles. The van der Waals surface area contributed by atoms with E-state index in [0.717, 1.165) is 22.4 Å². The van der Waals surface area contributed by atoms with Crippen LogP contribution in [0, 0.1) is 13.8 Å². The Morgan fingerprint density at radius 1 is 1.44 bits per heavy atom. The van der Waals surface area contributed by atoms with Crippen LogP contribution in [0.2, 0.25) is 0 Å².